The Morgan fingerprint density at radius 1 is 1.06 bits per heavy atom. The summed E-state index contributed by atoms with van der Waals surface area (Å²) >= 11 is 0. The van der Waals surface area contributed by atoms with Crippen molar-refractivity contribution in [2.45, 2.75) is 38.7 Å². The van der Waals surface area contributed by atoms with Crippen LogP contribution in [0.2, 0.25) is 0 Å². The number of carbonyl (C=O) groups is 2. The number of Topliss-reactive ketones (excluding diaryl/α,β-unsaturated/α-hetero) is 1. The maximum atomic E-state index is 13.2. The summed E-state index contributed by atoms with van der Waals surface area (Å²) < 4.78 is 6.40. The SMILES string of the molecule is Cc1cc2c(cc1C)C(=O)CC1(CCN(C(=O)c3cccc(-c4ccncn4)c3)CC1)O2. The summed E-state index contributed by atoms with van der Waals surface area (Å²) in [6.07, 6.45) is 4.84. The van der Waals surface area contributed by atoms with Crippen LogP contribution in [-0.4, -0.2) is 45.2 Å². The number of hydrogen-bond acceptors (Lipinski definition) is 5. The van der Waals surface area contributed by atoms with E-state index in [-0.39, 0.29) is 11.7 Å². The summed E-state index contributed by atoms with van der Waals surface area (Å²) in [7, 11) is 0. The highest BCUT2D eigenvalue weighted by Crippen LogP contribution is 2.40. The molecule has 3 aromatic rings. The first-order chi connectivity index (χ1) is 15.4. The van der Waals surface area contributed by atoms with Gasteiger partial charge in [0.1, 0.15) is 17.7 Å². The molecule has 1 amide bonds. The molecule has 3 heterocycles. The van der Waals surface area contributed by atoms with Gasteiger partial charge in [-0.15, -0.1) is 0 Å². The molecule has 0 bridgehead atoms. The van der Waals surface area contributed by atoms with Crippen molar-refractivity contribution in [3.63, 3.8) is 0 Å². The minimum absolute atomic E-state index is 0.00948. The van der Waals surface area contributed by atoms with Crippen LogP contribution in [0.5, 0.6) is 5.75 Å². The van der Waals surface area contributed by atoms with Gasteiger partial charge in [-0.1, -0.05) is 12.1 Å². The molecule has 6 heteroatoms. The monoisotopic (exact) mass is 427 g/mol. The number of rotatable bonds is 2. The Morgan fingerprint density at radius 2 is 1.84 bits per heavy atom. The van der Waals surface area contributed by atoms with E-state index < -0.39 is 5.60 Å². The lowest BCUT2D eigenvalue weighted by Gasteiger charge is -2.44. The summed E-state index contributed by atoms with van der Waals surface area (Å²) in [5.74, 6) is 0.804. The molecule has 6 nitrogen and oxygen atoms in total. The molecular weight excluding hydrogens is 402 g/mol. The predicted octanol–water partition coefficient (Wildman–Crippen LogP) is 4.40. The molecule has 0 saturated carbocycles. The van der Waals surface area contributed by atoms with Crippen molar-refractivity contribution in [2.75, 3.05) is 13.1 Å². The summed E-state index contributed by atoms with van der Waals surface area (Å²) in [4.78, 5) is 36.1. The van der Waals surface area contributed by atoms with Crippen molar-refractivity contribution in [3.05, 3.63) is 77.2 Å². The topological polar surface area (TPSA) is 72.4 Å². The van der Waals surface area contributed by atoms with Gasteiger partial charge in [-0.3, -0.25) is 9.59 Å². The van der Waals surface area contributed by atoms with E-state index in [0.717, 1.165) is 22.4 Å². The first kappa shape index (κ1) is 20.4. The van der Waals surface area contributed by atoms with E-state index in [1.165, 1.54) is 6.33 Å². The smallest absolute Gasteiger partial charge is 0.253 e. The third-order valence-corrected chi connectivity index (χ3v) is 6.65. The van der Waals surface area contributed by atoms with Crippen LogP contribution in [0.25, 0.3) is 11.3 Å². The van der Waals surface area contributed by atoms with Gasteiger partial charge in [-0.2, -0.15) is 0 Å². The second-order valence-corrected chi connectivity index (χ2v) is 8.79. The molecule has 1 fully saturated rings. The van der Waals surface area contributed by atoms with E-state index in [1.54, 1.807) is 6.20 Å². The van der Waals surface area contributed by atoms with Gasteiger partial charge in [0, 0.05) is 43.3 Å². The number of amides is 1. The van der Waals surface area contributed by atoms with Gasteiger partial charge in [-0.05, 0) is 55.3 Å². The molecule has 5 rings (SSSR count). The molecule has 0 unspecified atom stereocenters. The number of benzene rings is 2. The van der Waals surface area contributed by atoms with Gasteiger partial charge < -0.3 is 9.64 Å². The molecule has 2 aliphatic rings. The number of likely N-dealkylation sites (tertiary alicyclic amines) is 1. The molecule has 162 valence electrons. The molecular formula is C26H25N3O3. The summed E-state index contributed by atoms with van der Waals surface area (Å²) in [5, 5.41) is 0. The predicted molar refractivity (Wildman–Crippen MR) is 121 cm³/mol. The van der Waals surface area contributed by atoms with Gasteiger partial charge in [0.05, 0.1) is 17.7 Å². The molecule has 0 aliphatic carbocycles. The zero-order valence-corrected chi connectivity index (χ0v) is 18.3. The van der Waals surface area contributed by atoms with Gasteiger partial charge in [0.15, 0.2) is 5.78 Å². The number of nitrogens with zero attached hydrogens (tertiary/aromatic N) is 3. The minimum atomic E-state index is -0.522. The molecule has 0 N–H and O–H groups in total. The molecule has 1 saturated heterocycles. The number of aryl methyl sites for hydroxylation is 2. The first-order valence-corrected chi connectivity index (χ1v) is 10.9. The average Bonchev–Trinajstić information content (AvgIpc) is 2.81. The fraction of sp³-hybridized carbons (Fsp3) is 0.308. The molecule has 32 heavy (non-hydrogen) atoms. The minimum Gasteiger partial charge on any atom is -0.486 e. The number of hydrogen-bond donors (Lipinski definition) is 0. The van der Waals surface area contributed by atoms with E-state index in [2.05, 4.69) is 9.97 Å². The first-order valence-electron chi connectivity index (χ1n) is 10.9. The molecule has 1 aromatic heterocycles. The number of carbonyl (C=O) groups excluding carboxylic acids is 2. The Morgan fingerprint density at radius 3 is 2.59 bits per heavy atom. The summed E-state index contributed by atoms with van der Waals surface area (Å²) in [6, 6.07) is 13.2. The van der Waals surface area contributed by atoms with Crippen LogP contribution in [0.3, 0.4) is 0 Å². The van der Waals surface area contributed by atoms with Gasteiger partial charge in [0.25, 0.3) is 5.91 Å². The number of fused-ring (bicyclic) bond motifs is 1. The Kier molecular flexibility index (Phi) is 5.00. The van der Waals surface area contributed by atoms with Crippen molar-refractivity contribution < 1.29 is 14.3 Å². The lowest BCUT2D eigenvalue weighted by molar-refractivity contribution is -0.00575. The van der Waals surface area contributed by atoms with Crippen LogP contribution in [-0.2, 0) is 0 Å². The normalized spacial score (nSPS) is 17.1. The highest BCUT2D eigenvalue weighted by Gasteiger charge is 2.43. The Balaban J connectivity index is 1.31. The van der Waals surface area contributed by atoms with Crippen molar-refractivity contribution >= 4 is 11.7 Å². The highest BCUT2D eigenvalue weighted by molar-refractivity contribution is 6.01. The average molecular weight is 428 g/mol. The van der Waals surface area contributed by atoms with E-state index >= 15 is 0 Å². The van der Waals surface area contributed by atoms with Gasteiger partial charge >= 0.3 is 0 Å². The van der Waals surface area contributed by atoms with Gasteiger partial charge in [-0.25, -0.2) is 9.97 Å². The fourth-order valence-corrected chi connectivity index (χ4v) is 4.60. The van der Waals surface area contributed by atoms with Crippen LogP contribution in [0.15, 0.2) is 55.0 Å². The van der Waals surface area contributed by atoms with E-state index in [4.69, 9.17) is 4.74 Å². The standard InChI is InChI=1S/C26H25N3O3/c1-17-12-21-23(30)15-26(32-24(21)13-18(17)2)7-10-29(11-8-26)25(31)20-5-3-4-19(14-20)22-6-9-27-16-28-22/h3-6,9,12-14,16H,7-8,10-11,15H2,1-2H3. The van der Waals surface area contributed by atoms with Crippen molar-refractivity contribution in [2.24, 2.45) is 0 Å². The second kappa shape index (κ2) is 7.86. The summed E-state index contributed by atoms with van der Waals surface area (Å²) in [6.45, 7) is 5.16. The van der Waals surface area contributed by atoms with Crippen molar-refractivity contribution in [1.29, 1.82) is 0 Å². The number of ether oxygens (including phenoxy) is 1. The molecule has 2 aliphatic heterocycles. The second-order valence-electron chi connectivity index (χ2n) is 8.79. The number of ketones is 1. The molecule has 0 radical (unpaired) electrons. The van der Waals surface area contributed by atoms with Crippen LogP contribution in [0, 0.1) is 13.8 Å². The van der Waals surface area contributed by atoms with Crippen molar-refractivity contribution in [3.8, 4) is 17.0 Å². The molecule has 0 atom stereocenters. The fourth-order valence-electron chi connectivity index (χ4n) is 4.60. The quantitative estimate of drug-likeness (QED) is 0.606. The van der Waals surface area contributed by atoms with E-state index in [9.17, 15) is 9.59 Å². The van der Waals surface area contributed by atoms with Crippen LogP contribution < -0.4 is 4.74 Å². The molecule has 2 aromatic carbocycles. The van der Waals surface area contributed by atoms with E-state index in [0.29, 0.717) is 49.2 Å². The van der Waals surface area contributed by atoms with E-state index in [1.807, 2.05) is 61.2 Å². The van der Waals surface area contributed by atoms with Crippen LogP contribution in [0.4, 0.5) is 0 Å². The van der Waals surface area contributed by atoms with Crippen molar-refractivity contribution in [1.82, 2.24) is 14.9 Å². The van der Waals surface area contributed by atoms with Crippen LogP contribution >= 0.6 is 0 Å². The largest absolute Gasteiger partial charge is 0.486 e. The Labute approximate surface area is 187 Å². The van der Waals surface area contributed by atoms with Gasteiger partial charge in [0.2, 0.25) is 0 Å². The highest BCUT2D eigenvalue weighted by atomic mass is 16.5. The zero-order chi connectivity index (χ0) is 22.3. The lowest BCUT2D eigenvalue weighted by atomic mass is 9.81. The third kappa shape index (κ3) is 3.66. The number of aromatic nitrogens is 2. The Bertz CT molecular complexity index is 1200. The number of piperidine rings is 1. The summed E-state index contributed by atoms with van der Waals surface area (Å²) in [5.41, 5.74) is 4.67. The third-order valence-electron chi connectivity index (χ3n) is 6.65. The maximum absolute atomic E-state index is 13.2. The maximum Gasteiger partial charge on any atom is 0.253 e. The zero-order valence-electron chi connectivity index (χ0n) is 18.3. The lowest BCUT2D eigenvalue weighted by Crippen LogP contribution is -2.52. The Hall–Kier alpha value is -3.54. The van der Waals surface area contributed by atoms with Crippen LogP contribution in [0.1, 0.15) is 51.1 Å². The molecule has 1 spiro atoms.